The van der Waals surface area contributed by atoms with Gasteiger partial charge in [0, 0.05) is 6.04 Å². The second kappa shape index (κ2) is 4.64. The fourth-order valence-electron chi connectivity index (χ4n) is 1.82. The van der Waals surface area contributed by atoms with Crippen molar-refractivity contribution in [3.63, 3.8) is 0 Å². The molecule has 1 aliphatic heterocycles. The Morgan fingerprint density at radius 3 is 2.93 bits per heavy atom. The summed E-state index contributed by atoms with van der Waals surface area (Å²) in [4.78, 5) is 3.74. The van der Waals surface area contributed by atoms with Crippen LogP contribution in [0, 0.1) is 5.82 Å². The van der Waals surface area contributed by atoms with Crippen LogP contribution in [0.1, 0.15) is 18.4 Å². The van der Waals surface area contributed by atoms with Crippen molar-refractivity contribution in [2.45, 2.75) is 25.3 Å². The van der Waals surface area contributed by atoms with Crippen molar-refractivity contribution in [2.75, 3.05) is 6.54 Å². The molecule has 0 amide bonds. The molecule has 82 valence electrons. The van der Waals surface area contributed by atoms with Gasteiger partial charge in [-0.1, -0.05) is 23.2 Å². The van der Waals surface area contributed by atoms with Crippen molar-refractivity contribution < 1.29 is 4.39 Å². The zero-order chi connectivity index (χ0) is 10.8. The van der Waals surface area contributed by atoms with E-state index in [2.05, 4.69) is 10.3 Å². The fourth-order valence-corrected chi connectivity index (χ4v) is 2.22. The van der Waals surface area contributed by atoms with Crippen LogP contribution in [0.25, 0.3) is 0 Å². The number of rotatable bonds is 2. The topological polar surface area (TPSA) is 24.9 Å². The Hall–Kier alpha value is -0.380. The van der Waals surface area contributed by atoms with Crippen molar-refractivity contribution in [1.29, 1.82) is 0 Å². The minimum atomic E-state index is -0.505. The molecule has 1 aromatic heterocycles. The molecule has 0 radical (unpaired) electrons. The SMILES string of the molecule is Fc1cc(CC2CCCN2)c(Cl)nc1Cl. The molecule has 2 heterocycles. The molecule has 1 aliphatic rings. The summed E-state index contributed by atoms with van der Waals surface area (Å²) in [7, 11) is 0. The highest BCUT2D eigenvalue weighted by Crippen LogP contribution is 2.23. The lowest BCUT2D eigenvalue weighted by molar-refractivity contribution is 0.589. The molecule has 0 bridgehead atoms. The number of aromatic nitrogens is 1. The van der Waals surface area contributed by atoms with E-state index in [0.717, 1.165) is 24.9 Å². The molecular weight excluding hydrogens is 238 g/mol. The predicted octanol–water partition coefficient (Wildman–Crippen LogP) is 2.82. The van der Waals surface area contributed by atoms with Crippen molar-refractivity contribution >= 4 is 23.2 Å². The summed E-state index contributed by atoms with van der Waals surface area (Å²) in [5.41, 5.74) is 0.720. The minimum absolute atomic E-state index is 0.164. The first kappa shape index (κ1) is 11.1. The average molecular weight is 249 g/mol. The van der Waals surface area contributed by atoms with E-state index in [-0.39, 0.29) is 5.15 Å². The number of nitrogens with zero attached hydrogens (tertiary/aromatic N) is 1. The average Bonchev–Trinajstić information content (AvgIpc) is 2.67. The van der Waals surface area contributed by atoms with Crippen molar-refractivity contribution in [2.24, 2.45) is 0 Å². The minimum Gasteiger partial charge on any atom is -0.314 e. The van der Waals surface area contributed by atoms with Crippen molar-refractivity contribution in [3.8, 4) is 0 Å². The second-order valence-electron chi connectivity index (χ2n) is 3.71. The largest absolute Gasteiger partial charge is 0.314 e. The van der Waals surface area contributed by atoms with Crippen LogP contribution in [-0.2, 0) is 6.42 Å². The first-order valence-electron chi connectivity index (χ1n) is 4.90. The lowest BCUT2D eigenvalue weighted by atomic mass is 10.1. The quantitative estimate of drug-likeness (QED) is 0.815. The van der Waals surface area contributed by atoms with Gasteiger partial charge in [0.05, 0.1) is 0 Å². The van der Waals surface area contributed by atoms with E-state index >= 15 is 0 Å². The Balaban J connectivity index is 2.16. The highest BCUT2D eigenvalue weighted by Gasteiger charge is 2.17. The van der Waals surface area contributed by atoms with Crippen LogP contribution in [-0.4, -0.2) is 17.6 Å². The Bertz CT molecular complexity index is 365. The molecule has 0 aliphatic carbocycles. The van der Waals surface area contributed by atoms with Crippen LogP contribution in [0.4, 0.5) is 4.39 Å². The molecule has 0 aromatic carbocycles. The Morgan fingerprint density at radius 2 is 2.27 bits per heavy atom. The van der Waals surface area contributed by atoms with Gasteiger partial charge in [-0.15, -0.1) is 0 Å². The van der Waals surface area contributed by atoms with E-state index < -0.39 is 5.82 Å². The van der Waals surface area contributed by atoms with Gasteiger partial charge in [0.15, 0.2) is 11.0 Å². The van der Waals surface area contributed by atoms with Gasteiger partial charge < -0.3 is 5.32 Å². The molecule has 2 nitrogen and oxygen atoms in total. The predicted molar refractivity (Wildman–Crippen MR) is 58.9 cm³/mol. The van der Waals surface area contributed by atoms with Gasteiger partial charge >= 0.3 is 0 Å². The van der Waals surface area contributed by atoms with E-state index in [1.807, 2.05) is 0 Å². The molecule has 15 heavy (non-hydrogen) atoms. The number of hydrogen-bond donors (Lipinski definition) is 1. The van der Waals surface area contributed by atoms with E-state index in [4.69, 9.17) is 23.2 Å². The van der Waals surface area contributed by atoms with E-state index in [0.29, 0.717) is 17.6 Å². The zero-order valence-electron chi connectivity index (χ0n) is 8.06. The van der Waals surface area contributed by atoms with E-state index in [1.165, 1.54) is 6.07 Å². The third-order valence-corrected chi connectivity index (χ3v) is 3.18. The number of hydrogen-bond acceptors (Lipinski definition) is 2. The molecule has 1 aromatic rings. The van der Waals surface area contributed by atoms with Gasteiger partial charge in [0.2, 0.25) is 0 Å². The maximum Gasteiger partial charge on any atom is 0.166 e. The third-order valence-electron chi connectivity index (χ3n) is 2.59. The molecule has 5 heteroatoms. The molecule has 2 rings (SSSR count). The van der Waals surface area contributed by atoms with Gasteiger partial charge in [-0.2, -0.15) is 0 Å². The van der Waals surface area contributed by atoms with Gasteiger partial charge in [0.1, 0.15) is 5.15 Å². The summed E-state index contributed by atoms with van der Waals surface area (Å²) in [6, 6.07) is 1.75. The lowest BCUT2D eigenvalue weighted by Crippen LogP contribution is -2.23. The number of nitrogens with one attached hydrogen (secondary N) is 1. The molecule has 0 saturated carbocycles. The maximum absolute atomic E-state index is 13.2. The molecule has 1 atom stereocenters. The Labute approximate surface area is 97.8 Å². The summed E-state index contributed by atoms with van der Waals surface area (Å²) >= 11 is 11.4. The summed E-state index contributed by atoms with van der Waals surface area (Å²) in [5.74, 6) is -0.505. The number of halogens is 3. The van der Waals surface area contributed by atoms with Crippen LogP contribution >= 0.6 is 23.2 Å². The van der Waals surface area contributed by atoms with Crippen LogP contribution in [0.15, 0.2) is 6.07 Å². The van der Waals surface area contributed by atoms with Gasteiger partial charge in [-0.25, -0.2) is 9.37 Å². The fraction of sp³-hybridized carbons (Fsp3) is 0.500. The van der Waals surface area contributed by atoms with Crippen LogP contribution < -0.4 is 5.32 Å². The Kier molecular flexibility index (Phi) is 3.44. The Morgan fingerprint density at radius 1 is 1.47 bits per heavy atom. The lowest BCUT2D eigenvalue weighted by Gasteiger charge is -2.11. The normalized spacial score (nSPS) is 20.9. The molecule has 1 N–H and O–H groups in total. The van der Waals surface area contributed by atoms with E-state index in [9.17, 15) is 4.39 Å². The standard InChI is InChI=1S/C10H11Cl2FN2/c11-9-6(4-7-2-1-3-14-7)5-8(13)10(12)15-9/h5,7,14H,1-4H2. The highest BCUT2D eigenvalue weighted by atomic mass is 35.5. The molecular formula is C10H11Cl2FN2. The summed E-state index contributed by atoms with van der Waals surface area (Å²) in [5, 5.41) is 3.46. The summed E-state index contributed by atoms with van der Waals surface area (Å²) in [6.45, 7) is 1.02. The highest BCUT2D eigenvalue weighted by molar-refractivity contribution is 6.32. The van der Waals surface area contributed by atoms with Gasteiger partial charge in [-0.3, -0.25) is 0 Å². The van der Waals surface area contributed by atoms with E-state index in [1.54, 1.807) is 0 Å². The molecule has 1 fully saturated rings. The summed E-state index contributed by atoms with van der Waals surface area (Å²) < 4.78 is 13.2. The van der Waals surface area contributed by atoms with Crippen LogP contribution in [0.2, 0.25) is 10.3 Å². The third kappa shape index (κ3) is 2.60. The van der Waals surface area contributed by atoms with Gasteiger partial charge in [-0.05, 0) is 37.4 Å². The number of pyridine rings is 1. The maximum atomic E-state index is 13.2. The summed E-state index contributed by atoms with van der Waals surface area (Å²) in [6.07, 6.45) is 2.96. The molecule has 1 saturated heterocycles. The zero-order valence-corrected chi connectivity index (χ0v) is 9.58. The monoisotopic (exact) mass is 248 g/mol. The molecule has 1 unspecified atom stereocenters. The van der Waals surface area contributed by atoms with Gasteiger partial charge in [0.25, 0.3) is 0 Å². The smallest absolute Gasteiger partial charge is 0.166 e. The van der Waals surface area contributed by atoms with Crippen LogP contribution in [0.3, 0.4) is 0 Å². The van der Waals surface area contributed by atoms with Crippen molar-refractivity contribution in [3.05, 3.63) is 27.8 Å². The first-order chi connectivity index (χ1) is 7.16. The van der Waals surface area contributed by atoms with Crippen LogP contribution in [0.5, 0.6) is 0 Å². The van der Waals surface area contributed by atoms with Crippen molar-refractivity contribution in [1.82, 2.24) is 10.3 Å². The first-order valence-corrected chi connectivity index (χ1v) is 5.66. The second-order valence-corrected chi connectivity index (χ2v) is 4.42. The molecule has 0 spiro atoms.